The Balaban J connectivity index is 1.89. The zero-order valence-electron chi connectivity index (χ0n) is 9.81. The van der Waals surface area contributed by atoms with E-state index in [9.17, 15) is 5.11 Å². The molecule has 0 fully saturated rings. The molecule has 0 atom stereocenters. The van der Waals surface area contributed by atoms with Crippen molar-refractivity contribution in [2.75, 3.05) is 11.4 Å². The maximum Gasteiger partial charge on any atom is 0.135 e. The van der Waals surface area contributed by atoms with Gasteiger partial charge in [-0.25, -0.2) is 0 Å². The quantitative estimate of drug-likeness (QED) is 0.856. The van der Waals surface area contributed by atoms with Crippen LogP contribution in [0.5, 0.6) is 5.75 Å². The SMILES string of the molecule is Oc1cncc(N2CCc3cc(Cl)ccc3C2)c1. The molecule has 18 heavy (non-hydrogen) atoms. The van der Waals surface area contributed by atoms with Crippen molar-refractivity contribution in [3.8, 4) is 5.75 Å². The van der Waals surface area contributed by atoms with Crippen molar-refractivity contribution in [1.29, 1.82) is 0 Å². The zero-order valence-corrected chi connectivity index (χ0v) is 10.6. The van der Waals surface area contributed by atoms with Crippen molar-refractivity contribution in [3.05, 3.63) is 52.8 Å². The van der Waals surface area contributed by atoms with Gasteiger partial charge in [-0.1, -0.05) is 17.7 Å². The van der Waals surface area contributed by atoms with E-state index in [2.05, 4.69) is 16.0 Å². The summed E-state index contributed by atoms with van der Waals surface area (Å²) in [6.07, 6.45) is 4.19. The average molecular weight is 261 g/mol. The van der Waals surface area contributed by atoms with E-state index in [-0.39, 0.29) is 5.75 Å². The van der Waals surface area contributed by atoms with Crippen molar-refractivity contribution >= 4 is 17.3 Å². The van der Waals surface area contributed by atoms with Crippen LogP contribution in [0.3, 0.4) is 0 Å². The lowest BCUT2D eigenvalue weighted by Crippen LogP contribution is -2.30. The van der Waals surface area contributed by atoms with E-state index >= 15 is 0 Å². The highest BCUT2D eigenvalue weighted by atomic mass is 35.5. The Morgan fingerprint density at radius 3 is 2.89 bits per heavy atom. The first-order valence-corrected chi connectivity index (χ1v) is 6.26. The number of hydrogen-bond acceptors (Lipinski definition) is 3. The van der Waals surface area contributed by atoms with Gasteiger partial charge < -0.3 is 10.0 Å². The van der Waals surface area contributed by atoms with Gasteiger partial charge in [0.15, 0.2) is 0 Å². The highest BCUT2D eigenvalue weighted by molar-refractivity contribution is 6.30. The van der Waals surface area contributed by atoms with Gasteiger partial charge in [0, 0.05) is 24.2 Å². The van der Waals surface area contributed by atoms with Crippen LogP contribution in [0, 0.1) is 0 Å². The topological polar surface area (TPSA) is 36.4 Å². The monoisotopic (exact) mass is 260 g/mol. The Hall–Kier alpha value is -1.74. The minimum absolute atomic E-state index is 0.203. The summed E-state index contributed by atoms with van der Waals surface area (Å²) in [5.74, 6) is 0.203. The smallest absolute Gasteiger partial charge is 0.135 e. The second-order valence-electron chi connectivity index (χ2n) is 4.49. The lowest BCUT2D eigenvalue weighted by molar-refractivity contribution is 0.472. The number of anilines is 1. The van der Waals surface area contributed by atoms with E-state index in [4.69, 9.17) is 11.6 Å². The molecule has 4 heteroatoms. The highest BCUT2D eigenvalue weighted by Gasteiger charge is 2.17. The summed E-state index contributed by atoms with van der Waals surface area (Å²) in [7, 11) is 0. The molecule has 0 bridgehead atoms. The normalized spacial score (nSPS) is 14.4. The summed E-state index contributed by atoms with van der Waals surface area (Å²) in [4.78, 5) is 6.23. The summed E-state index contributed by atoms with van der Waals surface area (Å²) < 4.78 is 0. The summed E-state index contributed by atoms with van der Waals surface area (Å²) in [6.45, 7) is 1.75. The first-order chi connectivity index (χ1) is 8.72. The van der Waals surface area contributed by atoms with Gasteiger partial charge in [0.05, 0.1) is 18.1 Å². The van der Waals surface area contributed by atoms with Gasteiger partial charge in [-0.05, 0) is 29.7 Å². The van der Waals surface area contributed by atoms with Gasteiger partial charge in [0.2, 0.25) is 0 Å². The Labute approximate surface area is 111 Å². The third kappa shape index (κ3) is 2.14. The maximum atomic E-state index is 9.47. The predicted octanol–water partition coefficient (Wildman–Crippen LogP) is 3.00. The first kappa shape index (κ1) is 11.4. The summed E-state index contributed by atoms with van der Waals surface area (Å²) in [5.41, 5.74) is 3.55. The molecule has 0 radical (unpaired) electrons. The predicted molar refractivity (Wildman–Crippen MR) is 72.1 cm³/mol. The van der Waals surface area contributed by atoms with Gasteiger partial charge in [0.1, 0.15) is 5.75 Å². The molecular formula is C14H13ClN2O. The van der Waals surface area contributed by atoms with Gasteiger partial charge in [-0.2, -0.15) is 0 Å². The average Bonchev–Trinajstić information content (AvgIpc) is 2.38. The molecule has 3 rings (SSSR count). The molecule has 1 aromatic carbocycles. The number of nitrogens with zero attached hydrogens (tertiary/aromatic N) is 2. The number of fused-ring (bicyclic) bond motifs is 1. The van der Waals surface area contributed by atoms with E-state index in [1.165, 1.54) is 17.3 Å². The second-order valence-corrected chi connectivity index (χ2v) is 4.92. The Bertz CT molecular complexity index is 586. The summed E-state index contributed by atoms with van der Waals surface area (Å²) in [5, 5.41) is 10.3. The molecule has 2 aromatic rings. The third-order valence-corrected chi connectivity index (χ3v) is 3.49. The Morgan fingerprint density at radius 1 is 1.17 bits per heavy atom. The fourth-order valence-electron chi connectivity index (χ4n) is 2.33. The summed E-state index contributed by atoms with van der Waals surface area (Å²) >= 11 is 5.99. The van der Waals surface area contributed by atoms with Crippen LogP contribution in [-0.2, 0) is 13.0 Å². The first-order valence-electron chi connectivity index (χ1n) is 5.88. The van der Waals surface area contributed by atoms with Crippen molar-refractivity contribution in [3.63, 3.8) is 0 Å². The van der Waals surface area contributed by atoms with Crippen LogP contribution in [0.15, 0.2) is 36.7 Å². The molecule has 1 aliphatic rings. The van der Waals surface area contributed by atoms with Crippen LogP contribution < -0.4 is 4.90 Å². The fourth-order valence-corrected chi connectivity index (χ4v) is 2.53. The Kier molecular flexibility index (Phi) is 2.84. The van der Waals surface area contributed by atoms with Crippen LogP contribution in [-0.4, -0.2) is 16.6 Å². The standard InChI is InChI=1S/C14H13ClN2O/c15-12-2-1-11-9-17(4-3-10(11)5-12)13-6-14(18)8-16-7-13/h1-2,5-8,18H,3-4,9H2. The fraction of sp³-hybridized carbons (Fsp3) is 0.214. The summed E-state index contributed by atoms with van der Waals surface area (Å²) in [6, 6.07) is 7.77. The van der Waals surface area contributed by atoms with Gasteiger partial charge in [-0.15, -0.1) is 0 Å². The molecule has 92 valence electrons. The molecule has 0 saturated carbocycles. The largest absolute Gasteiger partial charge is 0.506 e. The number of benzene rings is 1. The molecular weight excluding hydrogens is 248 g/mol. The maximum absolute atomic E-state index is 9.47. The van der Waals surface area contributed by atoms with Crippen LogP contribution in [0.4, 0.5) is 5.69 Å². The number of hydrogen-bond donors (Lipinski definition) is 1. The number of halogens is 1. The number of rotatable bonds is 1. The van der Waals surface area contributed by atoms with Gasteiger partial charge in [-0.3, -0.25) is 4.98 Å². The van der Waals surface area contributed by atoms with Crippen LogP contribution in [0.25, 0.3) is 0 Å². The molecule has 0 saturated heterocycles. The number of pyridine rings is 1. The molecule has 0 aliphatic carbocycles. The molecule has 1 aromatic heterocycles. The van der Waals surface area contributed by atoms with Crippen molar-refractivity contribution in [2.24, 2.45) is 0 Å². The lowest BCUT2D eigenvalue weighted by atomic mass is 9.99. The second kappa shape index (κ2) is 4.50. The highest BCUT2D eigenvalue weighted by Crippen LogP contribution is 2.27. The van der Waals surface area contributed by atoms with E-state index in [1.54, 1.807) is 12.3 Å². The van der Waals surface area contributed by atoms with Crippen LogP contribution in [0.2, 0.25) is 5.02 Å². The van der Waals surface area contributed by atoms with Gasteiger partial charge in [0.25, 0.3) is 0 Å². The van der Waals surface area contributed by atoms with Crippen molar-refractivity contribution < 1.29 is 5.11 Å². The molecule has 0 amide bonds. The zero-order chi connectivity index (χ0) is 12.5. The van der Waals surface area contributed by atoms with Crippen LogP contribution in [0.1, 0.15) is 11.1 Å². The van der Waals surface area contributed by atoms with E-state index in [0.29, 0.717) is 0 Å². The lowest BCUT2D eigenvalue weighted by Gasteiger charge is -2.30. The minimum atomic E-state index is 0.203. The molecule has 1 N–H and O–H groups in total. The molecule has 2 heterocycles. The Morgan fingerprint density at radius 2 is 2.06 bits per heavy atom. The van der Waals surface area contributed by atoms with E-state index in [1.807, 2.05) is 12.1 Å². The van der Waals surface area contributed by atoms with Crippen molar-refractivity contribution in [2.45, 2.75) is 13.0 Å². The van der Waals surface area contributed by atoms with E-state index in [0.717, 1.165) is 30.2 Å². The minimum Gasteiger partial charge on any atom is -0.506 e. The molecule has 1 aliphatic heterocycles. The molecule has 3 nitrogen and oxygen atoms in total. The van der Waals surface area contributed by atoms with Gasteiger partial charge >= 0.3 is 0 Å². The number of aromatic hydroxyl groups is 1. The third-order valence-electron chi connectivity index (χ3n) is 3.26. The number of aromatic nitrogens is 1. The van der Waals surface area contributed by atoms with E-state index < -0.39 is 0 Å². The van der Waals surface area contributed by atoms with Crippen molar-refractivity contribution in [1.82, 2.24) is 4.98 Å². The molecule has 0 spiro atoms. The molecule has 0 unspecified atom stereocenters. The van der Waals surface area contributed by atoms with Crippen LogP contribution >= 0.6 is 11.6 Å².